The van der Waals surface area contributed by atoms with Crippen molar-refractivity contribution in [3.05, 3.63) is 29.3 Å². The number of nitrogens with two attached hydrogens (primary N) is 1. The summed E-state index contributed by atoms with van der Waals surface area (Å²) in [6.07, 6.45) is 4.80. The lowest BCUT2D eigenvalue weighted by molar-refractivity contribution is 0.280. The summed E-state index contributed by atoms with van der Waals surface area (Å²) in [6.45, 7) is 3.33. The van der Waals surface area contributed by atoms with Crippen LogP contribution in [0, 0.1) is 0 Å². The molecule has 1 aliphatic rings. The largest absolute Gasteiger partial charge is 0.398 e. The van der Waals surface area contributed by atoms with Crippen LogP contribution in [-0.2, 0) is 13.1 Å². The first-order chi connectivity index (χ1) is 7.81. The van der Waals surface area contributed by atoms with Gasteiger partial charge in [-0.05, 0) is 48.6 Å². The third-order valence-electron chi connectivity index (χ3n) is 3.16. The van der Waals surface area contributed by atoms with E-state index >= 15 is 0 Å². The number of nitrogens with zero attached hydrogens (tertiary/aromatic N) is 1. The van der Waals surface area contributed by atoms with Crippen molar-refractivity contribution in [2.24, 2.45) is 0 Å². The summed E-state index contributed by atoms with van der Waals surface area (Å²) in [6, 6.07) is 6.27. The first kappa shape index (κ1) is 11.8. The Morgan fingerprint density at radius 1 is 1.31 bits per heavy atom. The van der Waals surface area contributed by atoms with Gasteiger partial charge in [0, 0.05) is 18.8 Å². The van der Waals surface area contributed by atoms with Gasteiger partial charge in [-0.2, -0.15) is 11.8 Å². The lowest BCUT2D eigenvalue weighted by Gasteiger charge is -2.14. The van der Waals surface area contributed by atoms with Gasteiger partial charge < -0.3 is 5.73 Å². The van der Waals surface area contributed by atoms with E-state index in [9.17, 15) is 0 Å². The van der Waals surface area contributed by atoms with Crippen LogP contribution in [0.25, 0.3) is 0 Å². The minimum absolute atomic E-state index is 0.962. The number of fused-ring (bicyclic) bond motifs is 1. The van der Waals surface area contributed by atoms with E-state index in [0.29, 0.717) is 0 Å². The summed E-state index contributed by atoms with van der Waals surface area (Å²) in [5, 5.41) is 0. The maximum atomic E-state index is 5.98. The molecule has 0 saturated carbocycles. The van der Waals surface area contributed by atoms with Gasteiger partial charge in [0.25, 0.3) is 0 Å². The zero-order valence-corrected chi connectivity index (χ0v) is 10.7. The number of anilines is 1. The van der Waals surface area contributed by atoms with Crippen molar-refractivity contribution in [1.29, 1.82) is 0 Å². The summed E-state index contributed by atoms with van der Waals surface area (Å²) in [5.74, 6) is 1.28. The van der Waals surface area contributed by atoms with E-state index in [1.54, 1.807) is 0 Å². The fourth-order valence-corrected chi connectivity index (χ4v) is 2.75. The summed E-state index contributed by atoms with van der Waals surface area (Å²) in [7, 11) is 0. The molecule has 0 spiro atoms. The maximum Gasteiger partial charge on any atom is 0.0363 e. The van der Waals surface area contributed by atoms with Crippen LogP contribution in [0.4, 0.5) is 5.69 Å². The molecular formula is C13H20N2S. The van der Waals surface area contributed by atoms with Crippen molar-refractivity contribution in [3.63, 3.8) is 0 Å². The van der Waals surface area contributed by atoms with Crippen LogP contribution in [0.5, 0.6) is 0 Å². The van der Waals surface area contributed by atoms with Gasteiger partial charge in [0.05, 0.1) is 0 Å². The Bertz CT molecular complexity index is 352. The standard InChI is InChI=1S/C13H20N2S/c1-16-8-3-2-7-15-9-11-5-4-6-13(14)12(11)10-15/h4-6H,2-3,7-10,14H2,1H3. The highest BCUT2D eigenvalue weighted by atomic mass is 32.2. The molecule has 0 unspecified atom stereocenters. The van der Waals surface area contributed by atoms with Crippen LogP contribution in [0.3, 0.4) is 0 Å². The van der Waals surface area contributed by atoms with Gasteiger partial charge in [-0.1, -0.05) is 12.1 Å². The molecule has 1 heterocycles. The number of nitrogen functional groups attached to an aromatic ring is 1. The molecule has 1 aromatic rings. The van der Waals surface area contributed by atoms with Crippen LogP contribution in [0.1, 0.15) is 24.0 Å². The highest BCUT2D eigenvalue weighted by Crippen LogP contribution is 2.27. The third kappa shape index (κ3) is 2.71. The smallest absolute Gasteiger partial charge is 0.0363 e. The van der Waals surface area contributed by atoms with Crippen molar-refractivity contribution >= 4 is 17.4 Å². The summed E-state index contributed by atoms with van der Waals surface area (Å²) in [5.41, 5.74) is 9.72. The Morgan fingerprint density at radius 3 is 2.94 bits per heavy atom. The molecule has 2 nitrogen and oxygen atoms in total. The average Bonchev–Trinajstić information content (AvgIpc) is 2.69. The SMILES string of the molecule is CSCCCCN1Cc2cccc(N)c2C1. The van der Waals surface area contributed by atoms with Crippen molar-refractivity contribution in [3.8, 4) is 0 Å². The lowest BCUT2D eigenvalue weighted by atomic mass is 10.1. The van der Waals surface area contributed by atoms with E-state index in [1.165, 1.54) is 36.3 Å². The van der Waals surface area contributed by atoms with Crippen molar-refractivity contribution in [1.82, 2.24) is 4.90 Å². The molecule has 1 aromatic carbocycles. The van der Waals surface area contributed by atoms with E-state index in [2.05, 4.69) is 23.3 Å². The molecule has 2 N–H and O–H groups in total. The second-order valence-electron chi connectivity index (χ2n) is 4.40. The van der Waals surface area contributed by atoms with Crippen LogP contribution in [0.2, 0.25) is 0 Å². The van der Waals surface area contributed by atoms with Crippen LogP contribution >= 0.6 is 11.8 Å². The Labute approximate surface area is 102 Å². The molecular weight excluding hydrogens is 216 g/mol. The molecule has 16 heavy (non-hydrogen) atoms. The summed E-state index contributed by atoms with van der Waals surface area (Å²) in [4.78, 5) is 2.50. The highest BCUT2D eigenvalue weighted by molar-refractivity contribution is 7.98. The quantitative estimate of drug-likeness (QED) is 0.629. The number of rotatable bonds is 5. The van der Waals surface area contributed by atoms with Crippen molar-refractivity contribution in [2.75, 3.05) is 24.3 Å². The van der Waals surface area contributed by atoms with Gasteiger partial charge in [-0.3, -0.25) is 4.90 Å². The molecule has 0 bridgehead atoms. The molecule has 0 amide bonds. The molecule has 2 rings (SSSR count). The second kappa shape index (κ2) is 5.60. The molecule has 0 saturated heterocycles. The number of thioether (sulfide) groups is 1. The summed E-state index contributed by atoms with van der Waals surface area (Å²) >= 11 is 1.94. The van der Waals surface area contributed by atoms with Gasteiger partial charge in [0.2, 0.25) is 0 Å². The van der Waals surface area contributed by atoms with Gasteiger partial charge in [-0.15, -0.1) is 0 Å². The average molecular weight is 236 g/mol. The topological polar surface area (TPSA) is 29.3 Å². The number of hydrogen-bond acceptors (Lipinski definition) is 3. The Kier molecular flexibility index (Phi) is 4.13. The maximum absolute atomic E-state index is 5.98. The van der Waals surface area contributed by atoms with E-state index in [-0.39, 0.29) is 0 Å². The number of hydrogen-bond donors (Lipinski definition) is 1. The van der Waals surface area contributed by atoms with E-state index in [1.807, 2.05) is 17.8 Å². The van der Waals surface area contributed by atoms with Gasteiger partial charge in [0.1, 0.15) is 0 Å². The van der Waals surface area contributed by atoms with Crippen molar-refractivity contribution in [2.45, 2.75) is 25.9 Å². The zero-order chi connectivity index (χ0) is 11.4. The lowest BCUT2D eigenvalue weighted by Crippen LogP contribution is -2.17. The molecule has 88 valence electrons. The van der Waals surface area contributed by atoms with Crippen molar-refractivity contribution < 1.29 is 0 Å². The minimum atomic E-state index is 0.962. The second-order valence-corrected chi connectivity index (χ2v) is 5.38. The Balaban J connectivity index is 1.84. The fourth-order valence-electron chi connectivity index (χ4n) is 2.26. The molecule has 0 aliphatic carbocycles. The predicted octanol–water partition coefficient (Wildman–Crippen LogP) is 2.73. The van der Waals surface area contributed by atoms with Gasteiger partial charge >= 0.3 is 0 Å². The van der Waals surface area contributed by atoms with E-state index in [0.717, 1.165) is 18.8 Å². The van der Waals surface area contributed by atoms with Crippen LogP contribution in [0.15, 0.2) is 18.2 Å². The van der Waals surface area contributed by atoms with E-state index < -0.39 is 0 Å². The molecule has 1 aliphatic heterocycles. The van der Waals surface area contributed by atoms with Gasteiger partial charge in [-0.25, -0.2) is 0 Å². The Hall–Kier alpha value is -0.670. The number of benzene rings is 1. The van der Waals surface area contributed by atoms with Gasteiger partial charge in [0.15, 0.2) is 0 Å². The number of unbranched alkanes of at least 4 members (excludes halogenated alkanes) is 1. The normalized spacial score (nSPS) is 15.3. The Morgan fingerprint density at radius 2 is 2.19 bits per heavy atom. The first-order valence-corrected chi connectivity index (χ1v) is 7.28. The predicted molar refractivity (Wildman–Crippen MR) is 72.6 cm³/mol. The zero-order valence-electron chi connectivity index (χ0n) is 9.91. The van der Waals surface area contributed by atoms with E-state index in [4.69, 9.17) is 5.73 Å². The fraction of sp³-hybridized carbons (Fsp3) is 0.538. The molecule has 3 heteroatoms. The molecule has 0 radical (unpaired) electrons. The highest BCUT2D eigenvalue weighted by Gasteiger charge is 2.19. The molecule has 0 aromatic heterocycles. The monoisotopic (exact) mass is 236 g/mol. The van der Waals surface area contributed by atoms with Crippen LogP contribution in [-0.4, -0.2) is 23.5 Å². The first-order valence-electron chi connectivity index (χ1n) is 5.89. The molecule has 0 fully saturated rings. The minimum Gasteiger partial charge on any atom is -0.398 e. The third-order valence-corrected chi connectivity index (χ3v) is 3.85. The summed E-state index contributed by atoms with van der Waals surface area (Å²) < 4.78 is 0. The molecule has 0 atom stereocenters. The van der Waals surface area contributed by atoms with Crippen LogP contribution < -0.4 is 5.73 Å².